The van der Waals surface area contributed by atoms with Crippen molar-refractivity contribution in [3.8, 4) is 0 Å². The number of halogens is 1. The van der Waals surface area contributed by atoms with Gasteiger partial charge in [0.05, 0.1) is 16.7 Å². The molecule has 0 aromatic heterocycles. The van der Waals surface area contributed by atoms with E-state index in [4.69, 9.17) is 0 Å². The highest BCUT2D eigenvalue weighted by Gasteiger charge is 2.62. The van der Waals surface area contributed by atoms with Gasteiger partial charge in [0.1, 0.15) is 0 Å². The predicted octanol–water partition coefficient (Wildman–Crippen LogP) is 3.21. The Balaban J connectivity index is 1.46. The van der Waals surface area contributed by atoms with Crippen LogP contribution in [0.5, 0.6) is 0 Å². The van der Waals surface area contributed by atoms with Crippen molar-refractivity contribution >= 4 is 56.7 Å². The van der Waals surface area contributed by atoms with Crippen molar-refractivity contribution in [3.05, 3.63) is 51.4 Å². The van der Waals surface area contributed by atoms with Gasteiger partial charge in [-0.15, -0.1) is 0 Å². The largest absolute Gasteiger partial charge is 0.313 e. The first-order chi connectivity index (χ1) is 13.0. The molecule has 2 aliphatic carbocycles. The standard InChI is InChI=1S/C19H13BrN2O4S/c20-12-3-1-2-9(6-12)7-13-16(23)22(19(26)27-13)21-17(24)14-10-4-5-11(8-10)15(14)18(21)25/h1-7,10-11,14-15H,8H2/b13-7+. The third-order valence-corrected chi connectivity index (χ3v) is 6.92. The first-order valence-electron chi connectivity index (χ1n) is 8.55. The Morgan fingerprint density at radius 1 is 1.00 bits per heavy atom. The van der Waals surface area contributed by atoms with Crippen LogP contribution in [0, 0.1) is 23.7 Å². The Bertz CT molecular complexity index is 958. The van der Waals surface area contributed by atoms with Crippen molar-refractivity contribution in [1.82, 2.24) is 10.0 Å². The van der Waals surface area contributed by atoms with E-state index in [-0.39, 0.29) is 16.7 Å². The Labute approximate surface area is 167 Å². The highest BCUT2D eigenvalue weighted by molar-refractivity contribution is 9.10. The zero-order chi connectivity index (χ0) is 18.9. The van der Waals surface area contributed by atoms with Gasteiger partial charge in [-0.25, -0.2) is 0 Å². The molecule has 4 unspecified atom stereocenters. The van der Waals surface area contributed by atoms with Crippen molar-refractivity contribution in [1.29, 1.82) is 0 Å². The van der Waals surface area contributed by atoms with Gasteiger partial charge >= 0.3 is 5.24 Å². The summed E-state index contributed by atoms with van der Waals surface area (Å²) in [5, 5.41) is 0.890. The molecule has 2 bridgehead atoms. The number of hydrogen-bond donors (Lipinski definition) is 0. The van der Waals surface area contributed by atoms with Gasteiger partial charge in [0.2, 0.25) is 0 Å². The number of carbonyl (C=O) groups excluding carboxylic acids is 4. The summed E-state index contributed by atoms with van der Waals surface area (Å²) in [6, 6.07) is 7.29. The lowest BCUT2D eigenvalue weighted by molar-refractivity contribution is -0.160. The molecule has 4 aliphatic rings. The van der Waals surface area contributed by atoms with E-state index >= 15 is 0 Å². The summed E-state index contributed by atoms with van der Waals surface area (Å²) in [7, 11) is 0. The van der Waals surface area contributed by atoms with E-state index in [1.165, 1.54) is 0 Å². The summed E-state index contributed by atoms with van der Waals surface area (Å²) in [5.41, 5.74) is 0.744. The average Bonchev–Trinajstić information content (AvgIpc) is 3.35. The number of hydrogen-bond acceptors (Lipinski definition) is 5. The second kappa shape index (κ2) is 5.90. The zero-order valence-electron chi connectivity index (χ0n) is 13.9. The fourth-order valence-electron chi connectivity index (χ4n) is 4.46. The van der Waals surface area contributed by atoms with Crippen LogP contribution in [0.15, 0.2) is 45.8 Å². The van der Waals surface area contributed by atoms with Gasteiger partial charge in [-0.1, -0.05) is 40.2 Å². The first-order valence-corrected chi connectivity index (χ1v) is 10.2. The monoisotopic (exact) mass is 444 g/mol. The number of rotatable bonds is 2. The van der Waals surface area contributed by atoms with Crippen LogP contribution in [0.3, 0.4) is 0 Å². The van der Waals surface area contributed by atoms with Crippen molar-refractivity contribution < 1.29 is 19.2 Å². The maximum absolute atomic E-state index is 12.9. The molecule has 8 heteroatoms. The topological polar surface area (TPSA) is 74.8 Å². The van der Waals surface area contributed by atoms with Crippen LogP contribution in [0.4, 0.5) is 4.79 Å². The average molecular weight is 445 g/mol. The number of carbonyl (C=O) groups is 4. The molecule has 136 valence electrons. The third kappa shape index (κ3) is 2.39. The van der Waals surface area contributed by atoms with Crippen LogP contribution in [0.25, 0.3) is 6.08 Å². The first kappa shape index (κ1) is 16.9. The Morgan fingerprint density at radius 3 is 2.30 bits per heavy atom. The Kier molecular flexibility index (Phi) is 3.70. The van der Waals surface area contributed by atoms with Crippen LogP contribution in [0.1, 0.15) is 12.0 Å². The molecule has 5 rings (SSSR count). The number of fused-ring (bicyclic) bond motifs is 5. The molecule has 4 atom stereocenters. The molecule has 0 radical (unpaired) electrons. The number of amides is 4. The van der Waals surface area contributed by atoms with Crippen LogP contribution in [0.2, 0.25) is 0 Å². The molecule has 2 saturated heterocycles. The number of hydrazine groups is 1. The van der Waals surface area contributed by atoms with Crippen molar-refractivity contribution in [3.63, 3.8) is 0 Å². The lowest BCUT2D eigenvalue weighted by Gasteiger charge is -2.24. The highest BCUT2D eigenvalue weighted by Crippen LogP contribution is 2.53. The van der Waals surface area contributed by atoms with Gasteiger partial charge in [0.15, 0.2) is 0 Å². The second-order valence-corrected chi connectivity index (χ2v) is 8.95. The van der Waals surface area contributed by atoms with E-state index < -0.39 is 34.8 Å². The number of nitrogens with zero attached hydrogens (tertiary/aromatic N) is 2. The fourth-order valence-corrected chi connectivity index (χ4v) is 5.69. The molecule has 1 saturated carbocycles. The maximum Gasteiger partial charge on any atom is 0.313 e. The van der Waals surface area contributed by atoms with Gasteiger partial charge in [0, 0.05) is 4.47 Å². The molecule has 2 heterocycles. The van der Waals surface area contributed by atoms with Crippen LogP contribution >= 0.6 is 27.7 Å². The molecule has 6 nitrogen and oxygen atoms in total. The van der Waals surface area contributed by atoms with Crippen molar-refractivity contribution in [2.45, 2.75) is 6.42 Å². The molecule has 27 heavy (non-hydrogen) atoms. The van der Waals surface area contributed by atoms with Gasteiger partial charge < -0.3 is 0 Å². The van der Waals surface area contributed by atoms with Crippen LogP contribution in [-0.4, -0.2) is 33.0 Å². The van der Waals surface area contributed by atoms with E-state index in [0.29, 0.717) is 0 Å². The Morgan fingerprint density at radius 2 is 1.67 bits per heavy atom. The minimum Gasteiger partial charge on any atom is -0.272 e. The van der Waals surface area contributed by atoms with E-state index in [2.05, 4.69) is 15.9 Å². The van der Waals surface area contributed by atoms with E-state index in [9.17, 15) is 19.2 Å². The van der Waals surface area contributed by atoms with E-state index in [0.717, 1.165) is 38.2 Å². The number of thioether (sulfide) groups is 1. The summed E-state index contributed by atoms with van der Waals surface area (Å²) >= 11 is 4.10. The Hall–Kier alpha value is -2.19. The molecule has 4 amide bonds. The third-order valence-electron chi connectivity index (χ3n) is 5.57. The number of allylic oxidation sites excluding steroid dienone is 2. The minimum atomic E-state index is -0.632. The molecule has 1 aromatic rings. The highest BCUT2D eigenvalue weighted by atomic mass is 79.9. The number of imide groups is 2. The lowest BCUT2D eigenvalue weighted by atomic mass is 9.85. The molecular formula is C19H13BrN2O4S. The summed E-state index contributed by atoms with van der Waals surface area (Å²) in [4.78, 5) is 51.2. The minimum absolute atomic E-state index is 0.0265. The molecule has 0 spiro atoms. The fraction of sp³-hybridized carbons (Fsp3) is 0.263. The zero-order valence-corrected chi connectivity index (χ0v) is 16.3. The molecule has 1 aromatic carbocycles. The number of benzene rings is 1. The summed E-state index contributed by atoms with van der Waals surface area (Å²) < 4.78 is 0.844. The van der Waals surface area contributed by atoms with Crippen molar-refractivity contribution in [2.75, 3.05) is 0 Å². The van der Waals surface area contributed by atoms with Crippen LogP contribution in [-0.2, 0) is 14.4 Å². The molecule has 0 N–H and O–H groups in total. The van der Waals surface area contributed by atoms with Gasteiger partial charge in [-0.05, 0) is 53.8 Å². The smallest absolute Gasteiger partial charge is 0.272 e. The van der Waals surface area contributed by atoms with Gasteiger partial charge in [-0.2, -0.15) is 10.0 Å². The maximum atomic E-state index is 12.9. The van der Waals surface area contributed by atoms with Crippen LogP contribution < -0.4 is 0 Å². The normalized spacial score (nSPS) is 33.1. The van der Waals surface area contributed by atoms with Gasteiger partial charge in [0.25, 0.3) is 17.7 Å². The summed E-state index contributed by atoms with van der Waals surface area (Å²) in [6.45, 7) is 0. The SMILES string of the molecule is O=C1S/C(=C/c2cccc(Br)c2)C(=O)N1N1C(=O)C2C3C=CC(C3)C2C1=O. The molecule has 2 aliphatic heterocycles. The lowest BCUT2D eigenvalue weighted by Crippen LogP contribution is -2.49. The predicted molar refractivity (Wildman–Crippen MR) is 102 cm³/mol. The second-order valence-electron chi connectivity index (χ2n) is 7.04. The molecular weight excluding hydrogens is 432 g/mol. The quantitative estimate of drug-likeness (QED) is 0.397. The summed E-state index contributed by atoms with van der Waals surface area (Å²) in [5.74, 6) is -2.35. The van der Waals surface area contributed by atoms with Crippen molar-refractivity contribution in [2.24, 2.45) is 23.7 Å². The van der Waals surface area contributed by atoms with E-state index in [1.54, 1.807) is 12.1 Å². The van der Waals surface area contributed by atoms with Gasteiger partial charge in [-0.3, -0.25) is 19.2 Å². The summed E-state index contributed by atoms with van der Waals surface area (Å²) in [6.07, 6.45) is 6.33. The molecule has 3 fully saturated rings. The van der Waals surface area contributed by atoms with E-state index in [1.807, 2.05) is 30.4 Å².